The molecule has 0 unspecified atom stereocenters. The maximum atomic E-state index is 12.1. The number of benzene rings is 1. The van der Waals surface area contributed by atoms with Gasteiger partial charge in [0, 0.05) is 12.6 Å². The van der Waals surface area contributed by atoms with E-state index in [-0.39, 0.29) is 11.8 Å². The Morgan fingerprint density at radius 3 is 2.54 bits per heavy atom. The summed E-state index contributed by atoms with van der Waals surface area (Å²) >= 11 is 7.68. The molecule has 1 aliphatic rings. The van der Waals surface area contributed by atoms with Crippen molar-refractivity contribution in [3.8, 4) is 0 Å². The molecule has 2 heterocycles. The van der Waals surface area contributed by atoms with Crippen molar-refractivity contribution in [3.05, 3.63) is 45.3 Å². The Hall–Kier alpha value is -2.10. The van der Waals surface area contributed by atoms with E-state index in [0.717, 1.165) is 10.6 Å². The number of likely N-dealkylation sites (N-methyl/N-ethyl adjacent to an activating group) is 1. The summed E-state index contributed by atoms with van der Waals surface area (Å²) in [5.74, 6) is -0.365. The Kier molecular flexibility index (Phi) is 4.74. The van der Waals surface area contributed by atoms with E-state index in [2.05, 4.69) is 15.5 Å². The number of carbonyl (C=O) groups excluding carboxylic acids is 2. The second-order valence-corrected chi connectivity index (χ2v) is 7.80. The van der Waals surface area contributed by atoms with Gasteiger partial charge in [0.15, 0.2) is 0 Å². The van der Waals surface area contributed by atoms with Gasteiger partial charge in [-0.3, -0.25) is 19.8 Å². The van der Waals surface area contributed by atoms with Gasteiger partial charge in [0.25, 0.3) is 11.8 Å². The molecule has 0 saturated carbocycles. The number of hydrogen-bond acceptors (Lipinski definition) is 7. The van der Waals surface area contributed by atoms with E-state index >= 15 is 0 Å². The highest BCUT2D eigenvalue weighted by Crippen LogP contribution is 2.31. The minimum Gasteiger partial charge on any atom is -0.296 e. The van der Waals surface area contributed by atoms with Crippen LogP contribution in [0.2, 0.25) is 0 Å². The highest BCUT2D eigenvalue weighted by molar-refractivity contribution is 8.26. The summed E-state index contributed by atoms with van der Waals surface area (Å²) in [7, 11) is 1.65. The van der Waals surface area contributed by atoms with Gasteiger partial charge in [-0.25, -0.2) is 0 Å². The van der Waals surface area contributed by atoms with E-state index in [4.69, 9.17) is 12.2 Å². The van der Waals surface area contributed by atoms with Crippen LogP contribution in [0.4, 0.5) is 5.13 Å². The predicted molar refractivity (Wildman–Crippen MR) is 100.0 cm³/mol. The molecule has 1 fully saturated rings. The molecule has 2 aromatic rings. The minimum absolute atomic E-state index is 0.113. The lowest BCUT2D eigenvalue weighted by Crippen LogP contribution is -2.22. The largest absolute Gasteiger partial charge is 0.296 e. The molecular formula is C15H12N4O2S3. The van der Waals surface area contributed by atoms with Crippen LogP contribution in [0.1, 0.15) is 20.9 Å². The number of nitrogens with one attached hydrogen (secondary N) is 1. The van der Waals surface area contributed by atoms with Crippen LogP contribution in [0.3, 0.4) is 0 Å². The molecule has 0 aliphatic carbocycles. The standard InChI is InChI=1S/C15H12N4O2S3/c1-8-17-18-14(23-8)16-12(20)10-5-3-9(4-6-10)7-11-13(21)19(2)15(22)24-11/h3-7H,1-2H3,(H,16,18,20). The Labute approximate surface area is 152 Å². The molecular weight excluding hydrogens is 364 g/mol. The fourth-order valence-electron chi connectivity index (χ4n) is 1.94. The number of nitrogens with zero attached hydrogens (tertiary/aromatic N) is 3. The first-order valence-electron chi connectivity index (χ1n) is 6.87. The Balaban J connectivity index is 1.73. The molecule has 1 aromatic heterocycles. The fourth-order valence-corrected chi connectivity index (χ4v) is 3.71. The molecule has 0 spiro atoms. The third kappa shape index (κ3) is 3.53. The van der Waals surface area contributed by atoms with Crippen LogP contribution in [0.15, 0.2) is 29.2 Å². The van der Waals surface area contributed by atoms with Crippen molar-refractivity contribution in [2.24, 2.45) is 0 Å². The third-order valence-corrected chi connectivity index (χ3v) is 5.44. The van der Waals surface area contributed by atoms with Crippen molar-refractivity contribution in [2.75, 3.05) is 12.4 Å². The minimum atomic E-state index is -0.252. The summed E-state index contributed by atoms with van der Waals surface area (Å²) in [5, 5.41) is 11.7. The van der Waals surface area contributed by atoms with Crippen molar-refractivity contribution in [1.29, 1.82) is 0 Å². The zero-order chi connectivity index (χ0) is 17.3. The number of amides is 2. The monoisotopic (exact) mass is 376 g/mol. The van der Waals surface area contributed by atoms with Gasteiger partial charge in [0.2, 0.25) is 5.13 Å². The summed E-state index contributed by atoms with van der Waals surface area (Å²) in [5.41, 5.74) is 1.33. The highest BCUT2D eigenvalue weighted by atomic mass is 32.2. The number of aryl methyl sites for hydroxylation is 1. The molecule has 1 N–H and O–H groups in total. The maximum absolute atomic E-state index is 12.1. The van der Waals surface area contributed by atoms with E-state index in [1.807, 2.05) is 6.92 Å². The lowest BCUT2D eigenvalue weighted by atomic mass is 10.1. The zero-order valence-corrected chi connectivity index (χ0v) is 15.2. The number of rotatable bonds is 3. The zero-order valence-electron chi connectivity index (χ0n) is 12.8. The van der Waals surface area contributed by atoms with Gasteiger partial charge in [-0.05, 0) is 30.7 Å². The van der Waals surface area contributed by atoms with E-state index in [9.17, 15) is 9.59 Å². The Bertz CT molecular complexity index is 858. The van der Waals surface area contributed by atoms with E-state index in [1.165, 1.54) is 28.0 Å². The van der Waals surface area contributed by atoms with Gasteiger partial charge in [0.05, 0.1) is 4.91 Å². The number of carbonyl (C=O) groups is 2. The second-order valence-electron chi connectivity index (χ2n) is 4.94. The SMILES string of the molecule is Cc1nnc(NC(=O)c2ccc(C=C3SC(=S)N(C)C3=O)cc2)s1. The third-order valence-electron chi connectivity index (χ3n) is 3.20. The Morgan fingerprint density at radius 2 is 2.00 bits per heavy atom. The van der Waals surface area contributed by atoms with Crippen LogP contribution in [-0.2, 0) is 4.79 Å². The average molecular weight is 376 g/mol. The number of hydrogen-bond donors (Lipinski definition) is 1. The molecule has 2 amide bonds. The molecule has 1 aromatic carbocycles. The van der Waals surface area contributed by atoms with Gasteiger partial charge in [0.1, 0.15) is 9.33 Å². The molecule has 0 bridgehead atoms. The van der Waals surface area contributed by atoms with Gasteiger partial charge in [-0.1, -0.05) is 47.4 Å². The predicted octanol–water partition coefficient (Wildman–Crippen LogP) is 2.93. The molecule has 6 nitrogen and oxygen atoms in total. The van der Waals surface area contributed by atoms with Crippen molar-refractivity contribution >= 4 is 62.7 Å². The highest BCUT2D eigenvalue weighted by Gasteiger charge is 2.28. The smallest absolute Gasteiger partial charge is 0.265 e. The van der Waals surface area contributed by atoms with Crippen LogP contribution >= 0.6 is 35.3 Å². The van der Waals surface area contributed by atoms with Gasteiger partial charge in [-0.2, -0.15) is 0 Å². The second kappa shape index (κ2) is 6.80. The summed E-state index contributed by atoms with van der Waals surface area (Å²) < 4.78 is 0.537. The van der Waals surface area contributed by atoms with Crippen LogP contribution in [0.5, 0.6) is 0 Å². The fraction of sp³-hybridized carbons (Fsp3) is 0.133. The number of thiocarbonyl (C=S) groups is 1. The average Bonchev–Trinajstić information content (AvgIpc) is 3.07. The Morgan fingerprint density at radius 1 is 1.29 bits per heavy atom. The van der Waals surface area contributed by atoms with E-state index < -0.39 is 0 Å². The molecule has 122 valence electrons. The molecule has 0 atom stereocenters. The first kappa shape index (κ1) is 16.7. The number of thioether (sulfide) groups is 1. The summed E-state index contributed by atoms with van der Waals surface area (Å²) in [6.45, 7) is 1.82. The van der Waals surface area contributed by atoms with Crippen molar-refractivity contribution in [1.82, 2.24) is 15.1 Å². The summed E-state index contributed by atoms with van der Waals surface area (Å²) in [4.78, 5) is 26.1. The van der Waals surface area contributed by atoms with E-state index in [0.29, 0.717) is 19.9 Å². The van der Waals surface area contributed by atoms with Crippen molar-refractivity contribution in [3.63, 3.8) is 0 Å². The van der Waals surface area contributed by atoms with Gasteiger partial charge < -0.3 is 0 Å². The van der Waals surface area contributed by atoms with Gasteiger partial charge >= 0.3 is 0 Å². The maximum Gasteiger partial charge on any atom is 0.265 e. The number of anilines is 1. The van der Waals surface area contributed by atoms with Crippen LogP contribution < -0.4 is 5.32 Å². The lowest BCUT2D eigenvalue weighted by molar-refractivity contribution is -0.121. The van der Waals surface area contributed by atoms with E-state index in [1.54, 1.807) is 37.4 Å². The summed E-state index contributed by atoms with van der Waals surface area (Å²) in [6, 6.07) is 6.95. The molecule has 1 saturated heterocycles. The van der Waals surface area contributed by atoms with Crippen LogP contribution in [-0.4, -0.2) is 38.3 Å². The molecule has 0 radical (unpaired) electrons. The normalized spacial score (nSPS) is 16.1. The molecule has 9 heteroatoms. The lowest BCUT2D eigenvalue weighted by Gasteiger charge is -2.04. The van der Waals surface area contributed by atoms with Crippen molar-refractivity contribution in [2.45, 2.75) is 6.92 Å². The van der Waals surface area contributed by atoms with Crippen molar-refractivity contribution < 1.29 is 9.59 Å². The van der Waals surface area contributed by atoms with Gasteiger partial charge in [-0.15, -0.1) is 10.2 Å². The number of aromatic nitrogens is 2. The molecule has 24 heavy (non-hydrogen) atoms. The quantitative estimate of drug-likeness (QED) is 0.656. The first-order chi connectivity index (χ1) is 11.4. The first-order valence-corrected chi connectivity index (χ1v) is 8.91. The van der Waals surface area contributed by atoms with Crippen LogP contribution in [0, 0.1) is 6.92 Å². The topological polar surface area (TPSA) is 75.2 Å². The molecule has 3 rings (SSSR count). The van der Waals surface area contributed by atoms with Crippen LogP contribution in [0.25, 0.3) is 6.08 Å². The molecule has 1 aliphatic heterocycles. The summed E-state index contributed by atoms with van der Waals surface area (Å²) in [6.07, 6.45) is 1.76.